The Morgan fingerprint density at radius 3 is 2.62 bits per heavy atom. The van der Waals surface area contributed by atoms with Crippen molar-refractivity contribution in [2.45, 2.75) is 24.9 Å². The summed E-state index contributed by atoms with van der Waals surface area (Å²) in [7, 11) is 2.81. The molecule has 21 heavy (non-hydrogen) atoms. The number of allylic oxidation sites excluding steroid dienone is 2. The quantitative estimate of drug-likeness (QED) is 0.478. The molecule has 0 aliphatic rings. The Bertz CT molecular complexity index is 539. The molecule has 0 aliphatic heterocycles. The van der Waals surface area contributed by atoms with E-state index in [9.17, 15) is 13.2 Å². The van der Waals surface area contributed by atoms with Gasteiger partial charge in [-0.3, -0.25) is 9.98 Å². The van der Waals surface area contributed by atoms with Crippen molar-refractivity contribution in [1.29, 1.82) is 0 Å². The number of nitrogens with zero attached hydrogens (tertiary/aromatic N) is 3. The third-order valence-corrected chi connectivity index (χ3v) is 3.67. The fourth-order valence-electron chi connectivity index (χ4n) is 1.91. The SMILES string of the molecule is C/C=C(\N(C)C(=NC)c1ncccc1SCC)C(F)(F)F. The molecular weight excluding hydrogens is 299 g/mol. The van der Waals surface area contributed by atoms with E-state index in [-0.39, 0.29) is 5.84 Å². The first-order chi connectivity index (χ1) is 9.86. The maximum atomic E-state index is 13.0. The lowest BCUT2D eigenvalue weighted by atomic mass is 10.2. The fourth-order valence-corrected chi connectivity index (χ4v) is 2.67. The molecule has 116 valence electrons. The number of thioether (sulfide) groups is 1. The molecule has 0 saturated heterocycles. The summed E-state index contributed by atoms with van der Waals surface area (Å²) >= 11 is 1.52. The normalized spacial score (nSPS) is 13.5. The Morgan fingerprint density at radius 2 is 2.14 bits per heavy atom. The zero-order valence-corrected chi connectivity index (χ0v) is 13.2. The Morgan fingerprint density at radius 1 is 1.48 bits per heavy atom. The monoisotopic (exact) mass is 317 g/mol. The third-order valence-electron chi connectivity index (χ3n) is 2.74. The molecule has 1 heterocycles. The molecule has 7 heteroatoms. The molecule has 1 rings (SSSR count). The zero-order valence-electron chi connectivity index (χ0n) is 12.4. The highest BCUT2D eigenvalue weighted by molar-refractivity contribution is 7.99. The van der Waals surface area contributed by atoms with Gasteiger partial charge in [0.15, 0.2) is 5.84 Å². The van der Waals surface area contributed by atoms with Gasteiger partial charge in [-0.05, 0) is 24.8 Å². The first-order valence-corrected chi connectivity index (χ1v) is 7.37. The van der Waals surface area contributed by atoms with Gasteiger partial charge in [0.05, 0.1) is 0 Å². The van der Waals surface area contributed by atoms with Gasteiger partial charge in [0, 0.05) is 25.2 Å². The molecule has 0 radical (unpaired) electrons. The number of pyridine rings is 1. The summed E-state index contributed by atoms with van der Waals surface area (Å²) < 4.78 is 39.1. The predicted molar refractivity (Wildman–Crippen MR) is 80.7 cm³/mol. The van der Waals surface area contributed by atoms with E-state index in [1.165, 1.54) is 32.8 Å². The van der Waals surface area contributed by atoms with Crippen LogP contribution in [0.3, 0.4) is 0 Å². The molecule has 1 aromatic rings. The summed E-state index contributed by atoms with van der Waals surface area (Å²) in [4.78, 5) is 10.0. The zero-order chi connectivity index (χ0) is 16.0. The molecule has 0 atom stereocenters. The number of hydrogen-bond donors (Lipinski definition) is 0. The molecule has 0 fully saturated rings. The van der Waals surface area contributed by atoms with Crippen molar-refractivity contribution in [1.82, 2.24) is 9.88 Å². The lowest BCUT2D eigenvalue weighted by Crippen LogP contribution is -2.35. The smallest absolute Gasteiger partial charge is 0.324 e. The Hall–Kier alpha value is -1.50. The van der Waals surface area contributed by atoms with Crippen LogP contribution in [0.2, 0.25) is 0 Å². The second-order valence-electron chi connectivity index (χ2n) is 4.06. The standard InChI is InChI=1S/C14H18F3N3S/c1-5-11(14(15,16)17)20(4)13(18-3)12-10(21-6-2)8-7-9-19-12/h5,7-9H,6H2,1-4H3/b11-5-,18-13?. The van der Waals surface area contributed by atoms with Crippen molar-refractivity contribution < 1.29 is 13.2 Å². The van der Waals surface area contributed by atoms with E-state index in [1.54, 1.807) is 12.3 Å². The van der Waals surface area contributed by atoms with Gasteiger partial charge in [-0.15, -0.1) is 11.8 Å². The van der Waals surface area contributed by atoms with Gasteiger partial charge in [-0.25, -0.2) is 0 Å². The molecule has 0 aromatic carbocycles. The number of rotatable bonds is 4. The van der Waals surface area contributed by atoms with Crippen molar-refractivity contribution in [2.24, 2.45) is 4.99 Å². The summed E-state index contributed by atoms with van der Waals surface area (Å²) in [5.74, 6) is 0.992. The number of alkyl halides is 3. The number of aromatic nitrogens is 1. The first kappa shape index (κ1) is 17.6. The van der Waals surface area contributed by atoms with Gasteiger partial charge in [-0.1, -0.05) is 13.0 Å². The van der Waals surface area contributed by atoms with Gasteiger partial charge in [0.2, 0.25) is 0 Å². The van der Waals surface area contributed by atoms with E-state index in [1.807, 2.05) is 13.0 Å². The maximum Gasteiger partial charge on any atom is 0.431 e. The number of halogens is 3. The van der Waals surface area contributed by atoms with Gasteiger partial charge in [-0.2, -0.15) is 13.2 Å². The van der Waals surface area contributed by atoms with E-state index in [0.717, 1.165) is 21.6 Å². The second kappa shape index (κ2) is 7.49. The van der Waals surface area contributed by atoms with E-state index in [2.05, 4.69) is 9.98 Å². The van der Waals surface area contributed by atoms with Crippen LogP contribution in [0, 0.1) is 0 Å². The summed E-state index contributed by atoms with van der Waals surface area (Å²) in [6, 6.07) is 3.59. The lowest BCUT2D eigenvalue weighted by Gasteiger charge is -2.26. The van der Waals surface area contributed by atoms with Crippen molar-refractivity contribution in [3.8, 4) is 0 Å². The molecule has 0 N–H and O–H groups in total. The van der Waals surface area contributed by atoms with Gasteiger partial charge in [0.1, 0.15) is 11.4 Å². The summed E-state index contributed by atoms with van der Waals surface area (Å²) in [6.07, 6.45) is -1.86. The van der Waals surface area contributed by atoms with Crippen LogP contribution in [0.1, 0.15) is 19.5 Å². The van der Waals surface area contributed by atoms with E-state index < -0.39 is 11.9 Å². The molecule has 0 amide bonds. The minimum atomic E-state index is -4.44. The fraction of sp³-hybridized carbons (Fsp3) is 0.429. The van der Waals surface area contributed by atoms with Crippen LogP contribution in [0.5, 0.6) is 0 Å². The van der Waals surface area contributed by atoms with Crippen LogP contribution in [0.4, 0.5) is 13.2 Å². The topological polar surface area (TPSA) is 28.5 Å². The third kappa shape index (κ3) is 4.23. The summed E-state index contributed by atoms with van der Waals surface area (Å²) in [6.45, 7) is 3.33. The highest BCUT2D eigenvalue weighted by atomic mass is 32.2. The molecule has 0 aliphatic carbocycles. The van der Waals surface area contributed by atoms with E-state index in [0.29, 0.717) is 5.69 Å². The molecule has 0 bridgehead atoms. The van der Waals surface area contributed by atoms with Gasteiger partial charge >= 0.3 is 6.18 Å². The average molecular weight is 317 g/mol. The van der Waals surface area contributed by atoms with Crippen LogP contribution < -0.4 is 0 Å². The highest BCUT2D eigenvalue weighted by Crippen LogP contribution is 2.30. The Labute approximate surface area is 127 Å². The molecule has 3 nitrogen and oxygen atoms in total. The number of aliphatic imine (C=N–C) groups is 1. The van der Waals surface area contributed by atoms with Crippen LogP contribution in [0.25, 0.3) is 0 Å². The largest absolute Gasteiger partial charge is 0.431 e. The van der Waals surface area contributed by atoms with E-state index in [4.69, 9.17) is 0 Å². The second-order valence-corrected chi connectivity index (χ2v) is 5.37. The summed E-state index contributed by atoms with van der Waals surface area (Å²) in [5.41, 5.74) is -0.306. The van der Waals surface area contributed by atoms with Crippen LogP contribution >= 0.6 is 11.8 Å². The van der Waals surface area contributed by atoms with Gasteiger partial charge in [0.25, 0.3) is 0 Å². The van der Waals surface area contributed by atoms with Crippen molar-refractivity contribution in [2.75, 3.05) is 19.8 Å². The summed E-state index contributed by atoms with van der Waals surface area (Å²) in [5, 5.41) is 0. The van der Waals surface area contributed by atoms with Crippen molar-refractivity contribution in [3.63, 3.8) is 0 Å². The Kier molecular flexibility index (Phi) is 6.26. The van der Waals surface area contributed by atoms with Crippen LogP contribution in [-0.4, -0.2) is 41.7 Å². The lowest BCUT2D eigenvalue weighted by molar-refractivity contribution is -0.104. The van der Waals surface area contributed by atoms with Crippen molar-refractivity contribution in [3.05, 3.63) is 35.8 Å². The van der Waals surface area contributed by atoms with E-state index >= 15 is 0 Å². The predicted octanol–water partition coefficient (Wildman–Crippen LogP) is 3.97. The highest BCUT2D eigenvalue weighted by Gasteiger charge is 2.37. The van der Waals surface area contributed by atoms with Gasteiger partial charge < -0.3 is 4.90 Å². The Balaban J connectivity index is 3.27. The molecule has 1 aromatic heterocycles. The minimum Gasteiger partial charge on any atom is -0.324 e. The van der Waals surface area contributed by atoms with Crippen LogP contribution in [0.15, 0.2) is 40.0 Å². The molecular formula is C14H18F3N3S. The number of amidine groups is 1. The maximum absolute atomic E-state index is 13.0. The average Bonchev–Trinajstić information content (AvgIpc) is 2.41. The minimum absolute atomic E-state index is 0.192. The van der Waals surface area contributed by atoms with Crippen LogP contribution in [-0.2, 0) is 0 Å². The number of hydrogen-bond acceptors (Lipinski definition) is 3. The van der Waals surface area contributed by atoms with Crippen molar-refractivity contribution >= 4 is 17.6 Å². The molecule has 0 spiro atoms. The first-order valence-electron chi connectivity index (χ1n) is 6.39. The molecule has 0 unspecified atom stereocenters. The molecule has 0 saturated carbocycles.